The Morgan fingerprint density at radius 1 is 1.47 bits per heavy atom. The summed E-state index contributed by atoms with van der Waals surface area (Å²) in [4.78, 5) is 19.8. The summed E-state index contributed by atoms with van der Waals surface area (Å²) in [6, 6.07) is 5.41. The Balaban J connectivity index is 2.34. The van der Waals surface area contributed by atoms with Gasteiger partial charge in [-0.05, 0) is 18.2 Å². The van der Waals surface area contributed by atoms with Crippen molar-refractivity contribution in [2.75, 3.05) is 5.88 Å². The number of hydrogen-bond donors (Lipinski definition) is 0. The Morgan fingerprint density at radius 3 is 3.00 bits per heavy atom. The van der Waals surface area contributed by atoms with Gasteiger partial charge in [0.15, 0.2) is 0 Å². The van der Waals surface area contributed by atoms with Crippen LogP contribution in [0.1, 0.15) is 5.69 Å². The quantitative estimate of drug-likeness (QED) is 0.434. The van der Waals surface area contributed by atoms with Crippen LogP contribution >= 0.6 is 11.6 Å². The van der Waals surface area contributed by atoms with Gasteiger partial charge in [-0.15, -0.1) is 11.6 Å². The van der Waals surface area contributed by atoms with E-state index in [9.17, 15) is 4.79 Å². The second-order valence-corrected chi connectivity index (χ2v) is 3.13. The molecular formula is C10H7ClN2O2. The van der Waals surface area contributed by atoms with Gasteiger partial charge < -0.3 is 4.84 Å². The van der Waals surface area contributed by atoms with Crippen molar-refractivity contribution in [3.05, 3.63) is 35.7 Å². The number of rotatable bonds is 2. The molecule has 0 aromatic carbocycles. The molecular weight excluding hydrogens is 216 g/mol. The number of aromatic nitrogens is 1. The molecule has 0 saturated heterocycles. The maximum atomic E-state index is 11.3. The molecule has 76 valence electrons. The van der Waals surface area contributed by atoms with Gasteiger partial charge >= 0.3 is 5.97 Å². The van der Waals surface area contributed by atoms with E-state index < -0.39 is 5.97 Å². The van der Waals surface area contributed by atoms with Gasteiger partial charge in [0.1, 0.15) is 5.71 Å². The van der Waals surface area contributed by atoms with Crippen LogP contribution in [0.2, 0.25) is 0 Å². The lowest BCUT2D eigenvalue weighted by molar-refractivity contribution is -0.136. The van der Waals surface area contributed by atoms with Gasteiger partial charge in [-0.3, -0.25) is 4.98 Å². The van der Waals surface area contributed by atoms with E-state index in [4.69, 9.17) is 11.6 Å². The van der Waals surface area contributed by atoms with Crippen LogP contribution in [0.5, 0.6) is 0 Å². The summed E-state index contributed by atoms with van der Waals surface area (Å²) < 4.78 is 0. The van der Waals surface area contributed by atoms with Gasteiger partial charge in [0.05, 0.1) is 17.1 Å². The number of hydrogen-bond acceptors (Lipinski definition) is 4. The van der Waals surface area contributed by atoms with Crippen LogP contribution in [0, 0.1) is 0 Å². The molecule has 15 heavy (non-hydrogen) atoms. The van der Waals surface area contributed by atoms with E-state index in [1.54, 1.807) is 24.4 Å². The number of oxime groups is 1. The zero-order chi connectivity index (χ0) is 10.7. The molecule has 4 nitrogen and oxygen atoms in total. The lowest BCUT2D eigenvalue weighted by Crippen LogP contribution is -2.06. The molecule has 0 radical (unpaired) electrons. The van der Waals surface area contributed by atoms with E-state index in [0.29, 0.717) is 17.0 Å². The van der Waals surface area contributed by atoms with Crippen molar-refractivity contribution in [2.45, 2.75) is 0 Å². The Bertz CT molecular complexity index is 440. The van der Waals surface area contributed by atoms with E-state index in [0.717, 1.165) is 0 Å². The number of nitrogens with zero attached hydrogens (tertiary/aromatic N) is 2. The molecule has 0 amide bonds. The van der Waals surface area contributed by atoms with Gasteiger partial charge in [0.25, 0.3) is 0 Å². The second kappa shape index (κ2) is 4.23. The summed E-state index contributed by atoms with van der Waals surface area (Å²) in [5.74, 6) is -0.346. The lowest BCUT2D eigenvalue weighted by Gasteiger charge is -1.94. The van der Waals surface area contributed by atoms with Crippen molar-refractivity contribution >= 4 is 29.4 Å². The molecule has 0 unspecified atom stereocenters. The molecule has 1 aromatic rings. The van der Waals surface area contributed by atoms with Crippen LogP contribution in [0.4, 0.5) is 0 Å². The number of carbonyl (C=O) groups is 1. The molecule has 0 bridgehead atoms. The number of alkyl halides is 1. The van der Waals surface area contributed by atoms with Crippen LogP contribution in [0.3, 0.4) is 0 Å². The van der Waals surface area contributed by atoms with Crippen molar-refractivity contribution in [3.8, 4) is 0 Å². The molecule has 1 aliphatic rings. The summed E-state index contributed by atoms with van der Waals surface area (Å²) in [5, 5.41) is 3.55. The highest BCUT2D eigenvalue weighted by molar-refractivity contribution is 6.38. The van der Waals surface area contributed by atoms with Crippen LogP contribution < -0.4 is 0 Å². The van der Waals surface area contributed by atoms with E-state index in [1.165, 1.54) is 0 Å². The molecule has 0 saturated carbocycles. The molecule has 2 heterocycles. The van der Waals surface area contributed by atoms with E-state index in [1.807, 2.05) is 6.07 Å². The molecule has 0 N–H and O–H groups in total. The fourth-order valence-corrected chi connectivity index (χ4v) is 1.35. The van der Waals surface area contributed by atoms with Crippen molar-refractivity contribution in [2.24, 2.45) is 5.16 Å². The van der Waals surface area contributed by atoms with Crippen molar-refractivity contribution < 1.29 is 9.63 Å². The third kappa shape index (κ3) is 2.05. The average Bonchev–Trinajstić information content (AvgIpc) is 2.62. The minimum Gasteiger partial charge on any atom is -0.312 e. The minimum absolute atomic E-state index is 0.143. The molecule has 0 atom stereocenters. The smallest absolute Gasteiger partial charge is 0.312 e. The number of halogens is 1. The fraction of sp³-hybridized carbons (Fsp3) is 0.100. The Hall–Kier alpha value is -1.68. The van der Waals surface area contributed by atoms with Crippen LogP contribution in [-0.4, -0.2) is 22.5 Å². The molecule has 2 rings (SSSR count). The normalized spacial score (nSPS) is 17.8. The maximum absolute atomic E-state index is 11.3. The highest BCUT2D eigenvalue weighted by Crippen LogP contribution is 2.15. The van der Waals surface area contributed by atoms with Crippen LogP contribution in [-0.2, 0) is 9.63 Å². The summed E-state index contributed by atoms with van der Waals surface area (Å²) in [7, 11) is 0. The first-order chi connectivity index (χ1) is 7.31. The lowest BCUT2D eigenvalue weighted by atomic mass is 10.1. The Labute approximate surface area is 91.2 Å². The highest BCUT2D eigenvalue weighted by Gasteiger charge is 2.24. The molecule has 5 heteroatoms. The molecule has 1 aliphatic heterocycles. The summed E-state index contributed by atoms with van der Waals surface area (Å²) >= 11 is 5.61. The largest absolute Gasteiger partial charge is 0.367 e. The van der Waals surface area contributed by atoms with Crippen molar-refractivity contribution in [1.29, 1.82) is 0 Å². The highest BCUT2D eigenvalue weighted by atomic mass is 35.5. The summed E-state index contributed by atoms with van der Waals surface area (Å²) in [6.45, 7) is 0. The Morgan fingerprint density at radius 2 is 2.33 bits per heavy atom. The zero-order valence-corrected chi connectivity index (χ0v) is 8.44. The first-order valence-corrected chi connectivity index (χ1v) is 4.82. The van der Waals surface area contributed by atoms with Gasteiger partial charge in [0.2, 0.25) is 0 Å². The van der Waals surface area contributed by atoms with E-state index in [2.05, 4.69) is 15.0 Å². The van der Waals surface area contributed by atoms with Gasteiger partial charge in [-0.1, -0.05) is 11.2 Å². The number of carbonyl (C=O) groups excluding carboxylic acids is 1. The van der Waals surface area contributed by atoms with Crippen LogP contribution in [0.25, 0.3) is 6.08 Å². The summed E-state index contributed by atoms with van der Waals surface area (Å²) in [6.07, 6.45) is 3.25. The molecule has 0 fully saturated rings. The zero-order valence-electron chi connectivity index (χ0n) is 7.68. The van der Waals surface area contributed by atoms with E-state index >= 15 is 0 Å². The Kier molecular flexibility index (Phi) is 2.78. The molecule has 0 spiro atoms. The van der Waals surface area contributed by atoms with Crippen LogP contribution in [0.15, 0.2) is 35.1 Å². The van der Waals surface area contributed by atoms with Gasteiger partial charge in [-0.25, -0.2) is 4.79 Å². The van der Waals surface area contributed by atoms with Gasteiger partial charge in [0, 0.05) is 6.20 Å². The second-order valence-electron chi connectivity index (χ2n) is 2.86. The first-order valence-electron chi connectivity index (χ1n) is 4.28. The van der Waals surface area contributed by atoms with E-state index in [-0.39, 0.29) is 5.88 Å². The average molecular weight is 223 g/mol. The fourth-order valence-electron chi connectivity index (χ4n) is 1.16. The number of pyridine rings is 1. The minimum atomic E-state index is -0.490. The molecule has 1 aromatic heterocycles. The summed E-state index contributed by atoms with van der Waals surface area (Å²) in [5.41, 5.74) is 1.47. The van der Waals surface area contributed by atoms with Crippen molar-refractivity contribution in [3.63, 3.8) is 0 Å². The maximum Gasteiger partial charge on any atom is 0.367 e. The third-order valence-electron chi connectivity index (χ3n) is 1.88. The SMILES string of the molecule is O=C1ON=C(CCl)/C1=C/c1ccccn1. The van der Waals surface area contributed by atoms with Gasteiger partial charge in [-0.2, -0.15) is 0 Å². The molecule has 0 aliphatic carbocycles. The predicted molar refractivity (Wildman–Crippen MR) is 56.5 cm³/mol. The van der Waals surface area contributed by atoms with Crippen molar-refractivity contribution in [1.82, 2.24) is 4.98 Å². The standard InChI is InChI=1S/C10H7ClN2O2/c11-6-9-8(10(14)15-13-9)5-7-3-1-2-4-12-7/h1-5H,6H2/b8-5-. The third-order valence-corrected chi connectivity index (χ3v) is 2.13. The monoisotopic (exact) mass is 222 g/mol. The predicted octanol–water partition coefficient (Wildman–Crippen LogP) is 1.62. The first kappa shape index (κ1) is 9.86. The topological polar surface area (TPSA) is 51.5 Å².